The second-order valence-electron chi connectivity index (χ2n) is 6.62. The molecule has 0 spiro atoms. The van der Waals surface area contributed by atoms with Crippen LogP contribution in [0.1, 0.15) is 46.5 Å². The van der Waals surface area contributed by atoms with Crippen LogP contribution in [-0.4, -0.2) is 48.0 Å². The van der Waals surface area contributed by atoms with Gasteiger partial charge in [0.15, 0.2) is 0 Å². The van der Waals surface area contributed by atoms with Crippen LogP contribution in [0.2, 0.25) is 0 Å². The maximum atomic E-state index is 11.8. The van der Waals surface area contributed by atoms with Crippen LogP contribution in [0.15, 0.2) is 0 Å². The molecular weight excluding hydrogens is 254 g/mol. The number of rotatable bonds is 6. The van der Waals surface area contributed by atoms with E-state index < -0.39 is 0 Å². The third-order valence-corrected chi connectivity index (χ3v) is 3.27. The van der Waals surface area contributed by atoms with Crippen LogP contribution in [-0.2, 0) is 0 Å². The number of nitrogens with one attached hydrogen (secondary N) is 3. The summed E-state index contributed by atoms with van der Waals surface area (Å²) in [5, 5.41) is 13.1. The Balaban J connectivity index is 2.16. The molecule has 0 aliphatic carbocycles. The molecule has 0 aromatic rings. The maximum Gasteiger partial charge on any atom is 0.315 e. The van der Waals surface area contributed by atoms with E-state index in [2.05, 4.69) is 15.5 Å². The SMILES string of the molecule is CC(C)(C)NC(=O)N[C@H]1CCN(CCCCC(=N)N)C1. The average molecular weight is 283 g/mol. The highest BCUT2D eigenvalue weighted by Gasteiger charge is 2.24. The Labute approximate surface area is 122 Å². The van der Waals surface area contributed by atoms with Gasteiger partial charge in [-0.2, -0.15) is 0 Å². The van der Waals surface area contributed by atoms with Crippen LogP contribution in [0.4, 0.5) is 4.79 Å². The Morgan fingerprint density at radius 2 is 2.10 bits per heavy atom. The quantitative estimate of drug-likeness (QED) is 0.336. The first-order valence-corrected chi connectivity index (χ1v) is 7.40. The minimum Gasteiger partial charge on any atom is -0.388 e. The Bertz CT molecular complexity index is 337. The zero-order valence-corrected chi connectivity index (χ0v) is 13.0. The van der Waals surface area contributed by atoms with Crippen LogP contribution in [0, 0.1) is 5.41 Å². The number of amidine groups is 1. The van der Waals surface area contributed by atoms with Crippen molar-refractivity contribution in [3.8, 4) is 0 Å². The molecule has 1 aliphatic rings. The van der Waals surface area contributed by atoms with Gasteiger partial charge in [-0.05, 0) is 46.6 Å². The first-order chi connectivity index (χ1) is 9.26. The zero-order chi connectivity index (χ0) is 15.2. The van der Waals surface area contributed by atoms with Crippen LogP contribution in [0.5, 0.6) is 0 Å². The van der Waals surface area contributed by atoms with Crippen LogP contribution in [0.3, 0.4) is 0 Å². The first kappa shape index (κ1) is 16.8. The standard InChI is InChI=1S/C14H29N5O/c1-14(2,3)18-13(20)17-11-7-9-19(10-11)8-5-4-6-12(15)16/h11H,4-10H2,1-3H3,(H3,15,16)(H2,17,18,20)/t11-/m0/s1. The Kier molecular flexibility index (Phi) is 6.26. The molecule has 1 atom stereocenters. The number of urea groups is 1. The van der Waals surface area contributed by atoms with Gasteiger partial charge in [-0.25, -0.2) is 4.79 Å². The number of nitrogens with zero attached hydrogens (tertiary/aromatic N) is 1. The van der Waals surface area contributed by atoms with E-state index in [-0.39, 0.29) is 23.4 Å². The summed E-state index contributed by atoms with van der Waals surface area (Å²) < 4.78 is 0. The summed E-state index contributed by atoms with van der Waals surface area (Å²) in [6, 6.07) is 0.158. The second-order valence-corrected chi connectivity index (χ2v) is 6.62. The third-order valence-electron chi connectivity index (χ3n) is 3.27. The molecule has 6 nitrogen and oxygen atoms in total. The molecule has 1 rings (SSSR count). The Morgan fingerprint density at radius 1 is 1.40 bits per heavy atom. The number of nitrogens with two attached hydrogens (primary N) is 1. The lowest BCUT2D eigenvalue weighted by Crippen LogP contribution is -2.50. The first-order valence-electron chi connectivity index (χ1n) is 7.40. The van der Waals surface area contributed by atoms with Crippen LogP contribution in [0.25, 0.3) is 0 Å². The molecule has 0 unspecified atom stereocenters. The zero-order valence-electron chi connectivity index (χ0n) is 13.0. The minimum absolute atomic E-state index is 0.0825. The van der Waals surface area contributed by atoms with Crippen molar-refractivity contribution in [2.45, 2.75) is 58.0 Å². The van der Waals surface area contributed by atoms with Gasteiger partial charge in [0.1, 0.15) is 0 Å². The highest BCUT2D eigenvalue weighted by Crippen LogP contribution is 2.11. The molecule has 5 N–H and O–H groups in total. The van der Waals surface area contributed by atoms with Crippen molar-refractivity contribution < 1.29 is 4.79 Å². The fourth-order valence-electron chi connectivity index (χ4n) is 2.37. The maximum absolute atomic E-state index is 11.8. The van der Waals surface area contributed by atoms with Gasteiger partial charge >= 0.3 is 6.03 Å². The lowest BCUT2D eigenvalue weighted by molar-refractivity contribution is 0.227. The molecular formula is C14H29N5O. The van der Waals surface area contributed by atoms with Crippen molar-refractivity contribution in [3.63, 3.8) is 0 Å². The third kappa shape index (κ3) is 7.33. The lowest BCUT2D eigenvalue weighted by Gasteiger charge is -2.23. The smallest absolute Gasteiger partial charge is 0.315 e. The largest absolute Gasteiger partial charge is 0.388 e. The van der Waals surface area contributed by atoms with Gasteiger partial charge in [0.2, 0.25) is 0 Å². The molecule has 1 fully saturated rings. The predicted octanol–water partition coefficient (Wildman–Crippen LogP) is 1.26. The Hall–Kier alpha value is -1.30. The van der Waals surface area contributed by atoms with Gasteiger partial charge in [-0.3, -0.25) is 5.41 Å². The summed E-state index contributed by atoms with van der Waals surface area (Å²) in [6.45, 7) is 8.89. The summed E-state index contributed by atoms with van der Waals surface area (Å²) in [4.78, 5) is 14.1. The summed E-state index contributed by atoms with van der Waals surface area (Å²) in [7, 11) is 0. The monoisotopic (exact) mass is 283 g/mol. The number of carbonyl (C=O) groups is 1. The molecule has 20 heavy (non-hydrogen) atoms. The minimum atomic E-state index is -0.199. The normalized spacial score (nSPS) is 19.9. The van der Waals surface area contributed by atoms with E-state index >= 15 is 0 Å². The summed E-state index contributed by atoms with van der Waals surface area (Å²) in [5.74, 6) is 0.268. The van der Waals surface area contributed by atoms with Gasteiger partial charge in [0, 0.05) is 31.1 Å². The molecule has 116 valence electrons. The number of hydrogen-bond donors (Lipinski definition) is 4. The number of hydrogen-bond acceptors (Lipinski definition) is 3. The van der Waals surface area contributed by atoms with Gasteiger partial charge < -0.3 is 21.3 Å². The van der Waals surface area contributed by atoms with E-state index in [1.165, 1.54) is 0 Å². The van der Waals surface area contributed by atoms with Crippen LogP contribution < -0.4 is 16.4 Å². The van der Waals surface area contributed by atoms with Crippen molar-refractivity contribution in [3.05, 3.63) is 0 Å². The van der Waals surface area contributed by atoms with E-state index in [0.717, 1.165) is 38.9 Å². The van der Waals surface area contributed by atoms with E-state index in [4.69, 9.17) is 11.1 Å². The predicted molar refractivity (Wildman–Crippen MR) is 82.0 cm³/mol. The number of carbonyl (C=O) groups excluding carboxylic acids is 1. The highest BCUT2D eigenvalue weighted by atomic mass is 16.2. The second kappa shape index (κ2) is 7.47. The van der Waals surface area contributed by atoms with Gasteiger partial charge in [0.05, 0.1) is 5.84 Å². The van der Waals surface area contributed by atoms with E-state index in [1.807, 2.05) is 20.8 Å². The molecule has 0 radical (unpaired) electrons. The number of likely N-dealkylation sites (tertiary alicyclic amines) is 1. The van der Waals surface area contributed by atoms with Gasteiger partial charge in [-0.15, -0.1) is 0 Å². The van der Waals surface area contributed by atoms with Crippen molar-refractivity contribution >= 4 is 11.9 Å². The highest BCUT2D eigenvalue weighted by molar-refractivity contribution is 5.76. The van der Waals surface area contributed by atoms with Crippen molar-refractivity contribution in [2.24, 2.45) is 5.73 Å². The molecule has 6 heteroatoms. The van der Waals surface area contributed by atoms with Gasteiger partial charge in [0.25, 0.3) is 0 Å². The topological polar surface area (TPSA) is 94.2 Å². The fraction of sp³-hybridized carbons (Fsp3) is 0.857. The molecule has 2 amide bonds. The van der Waals surface area contributed by atoms with Crippen LogP contribution >= 0.6 is 0 Å². The molecule has 0 bridgehead atoms. The van der Waals surface area contributed by atoms with Crippen molar-refractivity contribution in [1.82, 2.24) is 15.5 Å². The van der Waals surface area contributed by atoms with E-state index in [0.29, 0.717) is 6.42 Å². The molecule has 0 aromatic carbocycles. The van der Waals surface area contributed by atoms with E-state index in [1.54, 1.807) is 0 Å². The number of amides is 2. The van der Waals surface area contributed by atoms with Crippen molar-refractivity contribution in [1.29, 1.82) is 5.41 Å². The Morgan fingerprint density at radius 3 is 2.70 bits per heavy atom. The van der Waals surface area contributed by atoms with Gasteiger partial charge in [-0.1, -0.05) is 0 Å². The summed E-state index contributed by atoms with van der Waals surface area (Å²) in [5.41, 5.74) is 5.13. The molecule has 1 heterocycles. The van der Waals surface area contributed by atoms with Crippen molar-refractivity contribution in [2.75, 3.05) is 19.6 Å². The fourth-order valence-corrected chi connectivity index (χ4v) is 2.37. The summed E-state index contributed by atoms with van der Waals surface area (Å²) >= 11 is 0. The number of unbranched alkanes of at least 4 members (excludes halogenated alkanes) is 1. The lowest BCUT2D eigenvalue weighted by atomic mass is 10.1. The molecule has 1 saturated heterocycles. The molecule has 1 aliphatic heterocycles. The average Bonchev–Trinajstić information content (AvgIpc) is 2.69. The summed E-state index contributed by atoms with van der Waals surface area (Å²) in [6.07, 6.45) is 3.71. The molecule has 0 aromatic heterocycles. The van der Waals surface area contributed by atoms with E-state index in [9.17, 15) is 4.79 Å². The molecule has 0 saturated carbocycles.